The van der Waals surface area contributed by atoms with E-state index in [1.165, 1.54) is 0 Å². The van der Waals surface area contributed by atoms with Gasteiger partial charge in [-0.1, -0.05) is 25.5 Å². The van der Waals surface area contributed by atoms with E-state index >= 15 is 0 Å². The van der Waals surface area contributed by atoms with Crippen LogP contribution in [-0.2, 0) is 16.1 Å². The Morgan fingerprint density at radius 1 is 1.03 bits per heavy atom. The third-order valence-corrected chi connectivity index (χ3v) is 4.32. The Kier molecular flexibility index (Phi) is 6.23. The van der Waals surface area contributed by atoms with E-state index < -0.39 is 23.0 Å². The molecule has 2 N–H and O–H groups in total. The van der Waals surface area contributed by atoms with Crippen LogP contribution in [0.3, 0.4) is 0 Å². The third-order valence-electron chi connectivity index (χ3n) is 4.32. The molecule has 0 fully saturated rings. The Labute approximate surface area is 166 Å². The zero-order valence-electron chi connectivity index (χ0n) is 15.9. The molecule has 0 atom stereocenters. The molecule has 0 aliphatic carbocycles. The van der Waals surface area contributed by atoms with Crippen LogP contribution < -0.4 is 16.4 Å². The maximum Gasteiger partial charge on any atom is 0.338 e. The number of nitrogens with one attached hydrogen (secondary N) is 2. The smallest absolute Gasteiger partial charge is 0.338 e. The van der Waals surface area contributed by atoms with Crippen molar-refractivity contribution in [1.82, 2.24) is 9.78 Å². The average Bonchev–Trinajstić information content (AvgIpc) is 2.72. The molecule has 1 amide bonds. The molecule has 0 radical (unpaired) electrons. The first-order chi connectivity index (χ1) is 14.0. The van der Waals surface area contributed by atoms with Gasteiger partial charge < -0.3 is 10.1 Å². The molecule has 8 heteroatoms. The molecule has 29 heavy (non-hydrogen) atoms. The van der Waals surface area contributed by atoms with Gasteiger partial charge in [0.2, 0.25) is 5.91 Å². The monoisotopic (exact) mass is 395 g/mol. The zero-order chi connectivity index (χ0) is 20.8. The fourth-order valence-corrected chi connectivity index (χ4v) is 2.78. The van der Waals surface area contributed by atoms with Gasteiger partial charge in [0.1, 0.15) is 6.54 Å². The van der Waals surface area contributed by atoms with Gasteiger partial charge in [-0.3, -0.25) is 19.5 Å². The van der Waals surface area contributed by atoms with Gasteiger partial charge in [-0.15, -0.1) is 0 Å². The number of amides is 1. The molecule has 3 rings (SSSR count). The van der Waals surface area contributed by atoms with Gasteiger partial charge in [0.25, 0.3) is 11.1 Å². The van der Waals surface area contributed by atoms with Gasteiger partial charge in [-0.05, 0) is 42.8 Å². The molecule has 0 bridgehead atoms. The van der Waals surface area contributed by atoms with Crippen molar-refractivity contribution in [3.63, 3.8) is 0 Å². The van der Waals surface area contributed by atoms with Gasteiger partial charge in [-0.2, -0.15) is 0 Å². The SMILES string of the molecule is CCCCOC(=O)c1ccc(NC(=O)Cn2[nH]c(=O)c3ccccc3c2=O)cc1. The molecule has 150 valence electrons. The van der Waals surface area contributed by atoms with Crippen molar-refractivity contribution in [2.75, 3.05) is 11.9 Å². The number of rotatable bonds is 7. The number of anilines is 1. The predicted octanol–water partition coefficient (Wildman–Crippen LogP) is 2.29. The first-order valence-corrected chi connectivity index (χ1v) is 9.28. The van der Waals surface area contributed by atoms with Crippen LogP contribution >= 0.6 is 0 Å². The second-order valence-electron chi connectivity index (χ2n) is 6.49. The molecular weight excluding hydrogens is 374 g/mol. The highest BCUT2D eigenvalue weighted by molar-refractivity contribution is 5.93. The standard InChI is InChI=1S/C21H21N3O5/c1-2-3-12-29-21(28)14-8-10-15(11-9-14)22-18(25)13-24-20(27)17-7-5-4-6-16(17)19(26)23-24/h4-11H,2-3,12-13H2,1H3,(H,22,25)(H,23,26). The summed E-state index contributed by atoms with van der Waals surface area (Å²) in [6.45, 7) is 2.03. The summed E-state index contributed by atoms with van der Waals surface area (Å²) in [5.41, 5.74) is -0.0649. The number of hydrogen-bond donors (Lipinski definition) is 2. The number of carbonyl (C=O) groups is 2. The number of hydrogen-bond acceptors (Lipinski definition) is 5. The van der Waals surface area contributed by atoms with E-state index in [-0.39, 0.29) is 17.3 Å². The number of H-pyrrole nitrogens is 1. The Morgan fingerprint density at radius 2 is 1.72 bits per heavy atom. The van der Waals surface area contributed by atoms with Crippen LogP contribution in [0.5, 0.6) is 0 Å². The van der Waals surface area contributed by atoms with Crippen molar-refractivity contribution in [3.8, 4) is 0 Å². The number of esters is 1. The molecule has 0 spiro atoms. The summed E-state index contributed by atoms with van der Waals surface area (Å²) in [7, 11) is 0. The summed E-state index contributed by atoms with van der Waals surface area (Å²) >= 11 is 0. The summed E-state index contributed by atoms with van der Waals surface area (Å²) in [6, 6.07) is 12.6. The molecule has 0 saturated carbocycles. The molecule has 1 aromatic heterocycles. The Bertz CT molecular complexity index is 1150. The lowest BCUT2D eigenvalue weighted by molar-refractivity contribution is -0.117. The van der Waals surface area contributed by atoms with Crippen LogP contribution in [0.25, 0.3) is 10.8 Å². The number of nitrogens with zero attached hydrogens (tertiary/aromatic N) is 1. The highest BCUT2D eigenvalue weighted by atomic mass is 16.5. The maximum absolute atomic E-state index is 12.5. The van der Waals surface area contributed by atoms with Crippen LogP contribution in [0.15, 0.2) is 58.1 Å². The quantitative estimate of drug-likeness (QED) is 0.471. The Hall–Kier alpha value is -3.68. The normalized spacial score (nSPS) is 10.7. The van der Waals surface area contributed by atoms with Gasteiger partial charge >= 0.3 is 5.97 Å². The lowest BCUT2D eigenvalue weighted by atomic mass is 10.2. The van der Waals surface area contributed by atoms with Crippen LogP contribution in [0.4, 0.5) is 5.69 Å². The van der Waals surface area contributed by atoms with Gasteiger partial charge in [0, 0.05) is 5.69 Å². The van der Waals surface area contributed by atoms with Crippen LogP contribution in [0.1, 0.15) is 30.1 Å². The number of aromatic amines is 1. The molecule has 0 saturated heterocycles. The minimum atomic E-state index is -0.490. The van der Waals surface area contributed by atoms with E-state index in [4.69, 9.17) is 4.74 Å². The number of unbranched alkanes of at least 4 members (excludes halogenated alkanes) is 1. The summed E-state index contributed by atoms with van der Waals surface area (Å²) in [5, 5.41) is 5.56. The first-order valence-electron chi connectivity index (χ1n) is 9.28. The van der Waals surface area contributed by atoms with Crippen molar-refractivity contribution >= 4 is 28.3 Å². The lowest BCUT2D eigenvalue weighted by Gasteiger charge is -2.09. The number of aromatic nitrogens is 2. The zero-order valence-corrected chi connectivity index (χ0v) is 15.9. The van der Waals surface area contributed by atoms with Crippen molar-refractivity contribution in [1.29, 1.82) is 0 Å². The van der Waals surface area contributed by atoms with Crippen LogP contribution in [-0.4, -0.2) is 28.3 Å². The van der Waals surface area contributed by atoms with E-state index in [2.05, 4.69) is 10.4 Å². The molecule has 8 nitrogen and oxygen atoms in total. The number of carbonyl (C=O) groups excluding carboxylic acids is 2. The lowest BCUT2D eigenvalue weighted by Crippen LogP contribution is -2.34. The van der Waals surface area contributed by atoms with Gasteiger partial charge in [0.05, 0.1) is 22.9 Å². The molecule has 0 unspecified atom stereocenters. The Balaban J connectivity index is 1.68. The van der Waals surface area contributed by atoms with Crippen LogP contribution in [0.2, 0.25) is 0 Å². The van der Waals surface area contributed by atoms with E-state index in [1.54, 1.807) is 48.5 Å². The van der Waals surface area contributed by atoms with E-state index in [9.17, 15) is 19.2 Å². The minimum Gasteiger partial charge on any atom is -0.462 e. The van der Waals surface area contributed by atoms with Crippen molar-refractivity contribution < 1.29 is 14.3 Å². The molecule has 3 aromatic rings. The van der Waals surface area contributed by atoms with Crippen LogP contribution in [0, 0.1) is 0 Å². The molecule has 0 aliphatic rings. The van der Waals surface area contributed by atoms with Gasteiger partial charge in [-0.25, -0.2) is 9.48 Å². The second kappa shape index (κ2) is 9.01. The maximum atomic E-state index is 12.5. The fraction of sp³-hybridized carbons (Fsp3) is 0.238. The van der Waals surface area contributed by atoms with Crippen molar-refractivity contribution in [2.45, 2.75) is 26.3 Å². The number of ether oxygens (including phenoxy) is 1. The summed E-state index contributed by atoms with van der Waals surface area (Å²) in [5.74, 6) is -0.909. The number of benzene rings is 2. The second-order valence-corrected chi connectivity index (χ2v) is 6.49. The van der Waals surface area contributed by atoms with Crippen molar-refractivity contribution in [2.24, 2.45) is 0 Å². The summed E-state index contributed by atoms with van der Waals surface area (Å²) in [6.07, 6.45) is 1.74. The predicted molar refractivity (Wildman–Crippen MR) is 109 cm³/mol. The largest absolute Gasteiger partial charge is 0.462 e. The van der Waals surface area contributed by atoms with E-state index in [1.807, 2.05) is 6.92 Å². The third kappa shape index (κ3) is 4.78. The highest BCUT2D eigenvalue weighted by Crippen LogP contribution is 2.11. The minimum absolute atomic E-state index is 0.245. The molecular formula is C21H21N3O5. The summed E-state index contributed by atoms with van der Waals surface area (Å²) in [4.78, 5) is 48.7. The fourth-order valence-electron chi connectivity index (χ4n) is 2.78. The van der Waals surface area contributed by atoms with E-state index in [0.29, 0.717) is 17.9 Å². The first kappa shape index (κ1) is 20.1. The van der Waals surface area contributed by atoms with Gasteiger partial charge in [0.15, 0.2) is 0 Å². The molecule has 1 heterocycles. The van der Waals surface area contributed by atoms with Crippen molar-refractivity contribution in [3.05, 3.63) is 74.8 Å². The summed E-state index contributed by atoms with van der Waals surface area (Å²) < 4.78 is 6.10. The highest BCUT2D eigenvalue weighted by Gasteiger charge is 2.11. The van der Waals surface area contributed by atoms with E-state index in [0.717, 1.165) is 17.5 Å². The number of fused-ring (bicyclic) bond motifs is 1. The topological polar surface area (TPSA) is 110 Å². The Morgan fingerprint density at radius 3 is 2.41 bits per heavy atom. The molecule has 0 aliphatic heterocycles. The molecule has 2 aromatic carbocycles. The average molecular weight is 395 g/mol.